The monoisotopic (exact) mass is 315 g/mol. The number of benzene rings is 2. The van der Waals surface area contributed by atoms with Crippen LogP contribution < -0.4 is 0 Å². The second kappa shape index (κ2) is 6.56. The van der Waals surface area contributed by atoms with Crippen LogP contribution in [-0.2, 0) is 14.3 Å². The Morgan fingerprint density at radius 3 is 2.39 bits per heavy atom. The quantitative estimate of drug-likeness (QED) is 0.366. The number of nitro groups is 1. The number of nitrogens with zero attached hydrogens (tertiary/aromatic N) is 1. The van der Waals surface area contributed by atoms with E-state index in [9.17, 15) is 19.7 Å². The zero-order valence-corrected chi connectivity index (χ0v) is 13.1. The fraction of sp³-hybridized carbons (Fsp3) is 0.294. The van der Waals surface area contributed by atoms with Gasteiger partial charge in [-0.2, -0.15) is 0 Å². The first kappa shape index (κ1) is 16.6. The van der Waals surface area contributed by atoms with Crippen molar-refractivity contribution in [1.29, 1.82) is 0 Å². The van der Waals surface area contributed by atoms with E-state index in [1.54, 1.807) is 25.1 Å². The lowest BCUT2D eigenvalue weighted by Gasteiger charge is -2.21. The highest BCUT2D eigenvalue weighted by molar-refractivity contribution is 6.00. The third-order valence-electron chi connectivity index (χ3n) is 3.99. The number of Topliss-reactive ketones (excluding diaryl/α,β-unsaturated/α-hetero) is 1. The summed E-state index contributed by atoms with van der Waals surface area (Å²) in [6.07, 6.45) is 0. The first-order chi connectivity index (χ1) is 10.9. The molecule has 2 aromatic carbocycles. The van der Waals surface area contributed by atoms with Crippen LogP contribution in [0.15, 0.2) is 36.4 Å². The molecule has 0 aliphatic rings. The van der Waals surface area contributed by atoms with Crippen molar-refractivity contribution in [1.82, 2.24) is 0 Å². The van der Waals surface area contributed by atoms with Gasteiger partial charge in [-0.1, -0.05) is 31.2 Å². The highest BCUT2D eigenvalue weighted by Crippen LogP contribution is 2.38. The predicted molar refractivity (Wildman–Crippen MR) is 85.2 cm³/mol. The number of nitro benzene ring substituents is 1. The van der Waals surface area contributed by atoms with Crippen LogP contribution in [0, 0.1) is 16.0 Å². The minimum absolute atomic E-state index is 0.105. The molecule has 0 aliphatic carbocycles. The number of rotatable bonds is 5. The van der Waals surface area contributed by atoms with Crippen molar-refractivity contribution in [3.63, 3.8) is 0 Å². The summed E-state index contributed by atoms with van der Waals surface area (Å²) in [6.45, 7) is 2.92. The molecule has 0 amide bonds. The first-order valence-electron chi connectivity index (χ1n) is 7.12. The molecule has 0 N–H and O–H groups in total. The molecule has 0 radical (unpaired) electrons. The molecule has 0 fully saturated rings. The lowest BCUT2D eigenvalue weighted by molar-refractivity contribution is -0.385. The van der Waals surface area contributed by atoms with Crippen LogP contribution >= 0.6 is 0 Å². The van der Waals surface area contributed by atoms with Crippen molar-refractivity contribution < 1.29 is 19.2 Å². The number of hydrogen-bond acceptors (Lipinski definition) is 5. The minimum atomic E-state index is -1.08. The Bertz CT molecular complexity index is 784. The summed E-state index contributed by atoms with van der Waals surface area (Å²) in [5.41, 5.74) is 0.269. The Hall–Kier alpha value is -2.76. The molecule has 2 aromatic rings. The highest BCUT2D eigenvalue weighted by Gasteiger charge is 2.35. The van der Waals surface area contributed by atoms with E-state index in [1.807, 2.05) is 12.1 Å². The summed E-state index contributed by atoms with van der Waals surface area (Å²) < 4.78 is 4.70. The normalized spacial score (nSPS) is 13.3. The van der Waals surface area contributed by atoms with Crippen LogP contribution in [0.25, 0.3) is 10.8 Å². The summed E-state index contributed by atoms with van der Waals surface area (Å²) in [5.74, 6) is -2.82. The molecule has 23 heavy (non-hydrogen) atoms. The number of carbonyl (C=O) groups is 2. The molecular formula is C17H17NO5. The maximum absolute atomic E-state index is 12.0. The topological polar surface area (TPSA) is 86.5 Å². The lowest BCUT2D eigenvalue weighted by Crippen LogP contribution is -2.29. The SMILES string of the molecule is COC(=O)C(C(C)=O)C(C)c1c([N+](=O)[O-])ccc2ccccc12. The molecule has 0 bridgehead atoms. The lowest BCUT2D eigenvalue weighted by atomic mass is 9.82. The summed E-state index contributed by atoms with van der Waals surface area (Å²) in [5, 5.41) is 12.9. The first-order valence-corrected chi connectivity index (χ1v) is 7.12. The van der Waals surface area contributed by atoms with Gasteiger partial charge in [0.2, 0.25) is 0 Å². The molecule has 0 saturated carbocycles. The number of methoxy groups -OCH3 is 1. The number of ether oxygens (including phenoxy) is 1. The standard InChI is InChI=1S/C17H17NO5/c1-10(15(11(2)19)17(20)23-3)16-13-7-5-4-6-12(13)8-9-14(16)18(21)22/h4-10,15H,1-3H3. The van der Waals surface area contributed by atoms with Gasteiger partial charge in [0.25, 0.3) is 5.69 Å². The molecule has 0 aromatic heterocycles. The second-order valence-electron chi connectivity index (χ2n) is 5.38. The largest absolute Gasteiger partial charge is 0.468 e. The van der Waals surface area contributed by atoms with Gasteiger partial charge in [-0.25, -0.2) is 0 Å². The van der Waals surface area contributed by atoms with Gasteiger partial charge in [0.05, 0.1) is 12.0 Å². The number of fused-ring (bicyclic) bond motifs is 1. The van der Waals surface area contributed by atoms with Crippen LogP contribution in [0.1, 0.15) is 25.3 Å². The van der Waals surface area contributed by atoms with E-state index in [4.69, 9.17) is 4.74 Å². The van der Waals surface area contributed by atoms with Gasteiger partial charge in [-0.05, 0) is 23.8 Å². The Labute approximate surface area is 133 Å². The maximum atomic E-state index is 12.0. The Balaban J connectivity index is 2.73. The third-order valence-corrected chi connectivity index (χ3v) is 3.99. The van der Waals surface area contributed by atoms with E-state index < -0.39 is 22.7 Å². The average Bonchev–Trinajstić information content (AvgIpc) is 2.52. The minimum Gasteiger partial charge on any atom is -0.468 e. The molecule has 0 heterocycles. The zero-order valence-electron chi connectivity index (χ0n) is 13.1. The molecule has 120 valence electrons. The predicted octanol–water partition coefficient (Wildman–Crippen LogP) is 3.23. The van der Waals surface area contributed by atoms with Crippen molar-refractivity contribution >= 4 is 28.2 Å². The number of hydrogen-bond donors (Lipinski definition) is 0. The summed E-state index contributed by atoms with van der Waals surface area (Å²) in [7, 11) is 1.20. The van der Waals surface area contributed by atoms with Crippen molar-refractivity contribution in [3.8, 4) is 0 Å². The van der Waals surface area contributed by atoms with Crippen LogP contribution in [0.4, 0.5) is 5.69 Å². The van der Waals surface area contributed by atoms with Gasteiger partial charge >= 0.3 is 5.97 Å². The number of ketones is 1. The van der Waals surface area contributed by atoms with Gasteiger partial charge in [-0.3, -0.25) is 19.7 Å². The van der Waals surface area contributed by atoms with Gasteiger partial charge in [0, 0.05) is 17.5 Å². The summed E-state index contributed by atoms with van der Waals surface area (Å²) in [4.78, 5) is 34.8. The number of esters is 1. The Morgan fingerprint density at radius 1 is 1.17 bits per heavy atom. The van der Waals surface area contributed by atoms with E-state index in [0.29, 0.717) is 10.9 Å². The molecule has 0 saturated heterocycles. The van der Waals surface area contributed by atoms with Gasteiger partial charge in [0.15, 0.2) is 0 Å². The van der Waals surface area contributed by atoms with Gasteiger partial charge < -0.3 is 4.74 Å². The van der Waals surface area contributed by atoms with Crippen LogP contribution in [0.3, 0.4) is 0 Å². The molecular weight excluding hydrogens is 298 g/mol. The smallest absolute Gasteiger partial charge is 0.316 e. The van der Waals surface area contributed by atoms with E-state index in [0.717, 1.165) is 5.39 Å². The number of carbonyl (C=O) groups excluding carboxylic acids is 2. The van der Waals surface area contributed by atoms with E-state index in [-0.39, 0.29) is 11.5 Å². The second-order valence-corrected chi connectivity index (χ2v) is 5.38. The third kappa shape index (κ3) is 3.06. The zero-order chi connectivity index (χ0) is 17.1. The molecule has 0 spiro atoms. The van der Waals surface area contributed by atoms with Gasteiger partial charge in [0.1, 0.15) is 11.7 Å². The van der Waals surface area contributed by atoms with E-state index in [1.165, 1.54) is 20.1 Å². The van der Waals surface area contributed by atoms with Crippen LogP contribution in [-0.4, -0.2) is 23.8 Å². The van der Waals surface area contributed by atoms with Gasteiger partial charge in [-0.15, -0.1) is 0 Å². The van der Waals surface area contributed by atoms with Crippen molar-refractivity contribution in [2.75, 3.05) is 7.11 Å². The van der Waals surface area contributed by atoms with Crippen LogP contribution in [0.2, 0.25) is 0 Å². The molecule has 6 nitrogen and oxygen atoms in total. The van der Waals surface area contributed by atoms with Crippen molar-refractivity contribution in [2.24, 2.45) is 5.92 Å². The Kier molecular flexibility index (Phi) is 4.74. The average molecular weight is 315 g/mol. The fourth-order valence-electron chi connectivity index (χ4n) is 2.94. The molecule has 2 atom stereocenters. The van der Waals surface area contributed by atoms with Crippen molar-refractivity contribution in [2.45, 2.75) is 19.8 Å². The summed E-state index contributed by atoms with van der Waals surface area (Å²) >= 11 is 0. The molecule has 2 unspecified atom stereocenters. The maximum Gasteiger partial charge on any atom is 0.316 e. The summed E-state index contributed by atoms with van der Waals surface area (Å²) in [6, 6.07) is 10.2. The molecule has 2 rings (SSSR count). The molecule has 6 heteroatoms. The van der Waals surface area contributed by atoms with E-state index in [2.05, 4.69) is 0 Å². The Morgan fingerprint density at radius 2 is 1.83 bits per heavy atom. The van der Waals surface area contributed by atoms with Crippen LogP contribution in [0.5, 0.6) is 0 Å². The van der Waals surface area contributed by atoms with E-state index >= 15 is 0 Å². The molecule has 0 aliphatic heterocycles. The highest BCUT2D eigenvalue weighted by atomic mass is 16.6. The van der Waals surface area contributed by atoms with Crippen molar-refractivity contribution in [3.05, 3.63) is 52.1 Å². The fourth-order valence-corrected chi connectivity index (χ4v) is 2.94.